The highest BCUT2D eigenvalue weighted by Gasteiger charge is 2.58. The summed E-state index contributed by atoms with van der Waals surface area (Å²) < 4.78 is 10.8. The Hall–Kier alpha value is -2.97. The molecule has 0 N–H and O–H groups in total. The highest BCUT2D eigenvalue weighted by Crippen LogP contribution is 2.50. The maximum absolute atomic E-state index is 13.8. The van der Waals surface area contributed by atoms with E-state index >= 15 is 0 Å². The quantitative estimate of drug-likeness (QED) is 0.143. The number of anilines is 1. The van der Waals surface area contributed by atoms with E-state index in [-0.39, 0.29) is 31.2 Å². The average molecular weight is 594 g/mol. The number of amides is 3. The third kappa shape index (κ3) is 3.75. The molecule has 196 valence electrons. The van der Waals surface area contributed by atoms with Gasteiger partial charge in [-0.1, -0.05) is 58.5 Å². The lowest BCUT2D eigenvalue weighted by Gasteiger charge is -2.50. The second kappa shape index (κ2) is 9.65. The first-order valence-corrected chi connectivity index (χ1v) is 12.9. The maximum atomic E-state index is 13.8. The Bertz CT molecular complexity index is 1510. The topological polar surface area (TPSA) is 76.2 Å². The number of benzene rings is 3. The fraction of sp³-hybridized carbons (Fsp3) is 0.222. The molecule has 1 saturated heterocycles. The molecule has 0 radical (unpaired) electrons. The van der Waals surface area contributed by atoms with Crippen molar-refractivity contribution in [2.75, 3.05) is 19.1 Å². The summed E-state index contributed by atoms with van der Waals surface area (Å²) in [5.74, 6) is -1.10. The summed E-state index contributed by atoms with van der Waals surface area (Å²) in [6.45, 7) is 3.90. The molecule has 0 bridgehead atoms. The van der Waals surface area contributed by atoms with E-state index in [9.17, 15) is 14.4 Å². The zero-order chi connectivity index (χ0) is 27.6. The summed E-state index contributed by atoms with van der Waals surface area (Å²) in [5, 5.41) is -0.684. The van der Waals surface area contributed by atoms with Crippen molar-refractivity contribution in [2.24, 2.45) is 0 Å². The van der Waals surface area contributed by atoms with Gasteiger partial charge in [0.25, 0.3) is 17.7 Å². The molecule has 2 heterocycles. The van der Waals surface area contributed by atoms with Gasteiger partial charge < -0.3 is 14.4 Å². The molecule has 7 nitrogen and oxygen atoms in total. The molecule has 2 atom stereocenters. The summed E-state index contributed by atoms with van der Waals surface area (Å²) in [5.41, 5.74) is 2.91. The van der Waals surface area contributed by atoms with Crippen LogP contribution in [0.3, 0.4) is 0 Å². The third-order valence-corrected chi connectivity index (χ3v) is 8.80. The van der Waals surface area contributed by atoms with Gasteiger partial charge in [0.1, 0.15) is 6.04 Å². The van der Waals surface area contributed by atoms with Gasteiger partial charge in [0.2, 0.25) is 0 Å². The fourth-order valence-electron chi connectivity index (χ4n) is 4.88. The molecule has 2 aliphatic rings. The number of fused-ring (bicyclic) bond motifs is 1. The lowest BCUT2D eigenvalue weighted by molar-refractivity contribution is -0.130. The Balaban J connectivity index is 1.66. The summed E-state index contributed by atoms with van der Waals surface area (Å²) >= 11 is 25.0. The monoisotopic (exact) mass is 592 g/mol. The molecule has 38 heavy (non-hydrogen) atoms. The van der Waals surface area contributed by atoms with Gasteiger partial charge in [0, 0.05) is 5.69 Å². The van der Waals surface area contributed by atoms with E-state index in [0.717, 1.165) is 16.0 Å². The standard InChI is InChI=1S/C27H20Cl4N2O5/c1-11-5-7-14(9-12(11)2)32-23(13-6-8-15(37-3)16(10-13)38-4)24(27(32)36)33-25(34)17-18(26(33)35)20(29)22(31)21(30)19(17)28/h5-10,23-24H,1-4H3. The molecule has 11 heteroatoms. The van der Waals surface area contributed by atoms with Crippen LogP contribution in [0.4, 0.5) is 5.69 Å². The number of methoxy groups -OCH3 is 2. The smallest absolute Gasteiger partial charge is 0.264 e. The molecule has 3 aromatic rings. The zero-order valence-electron chi connectivity index (χ0n) is 20.6. The van der Waals surface area contributed by atoms with Gasteiger partial charge in [-0.2, -0.15) is 0 Å². The summed E-state index contributed by atoms with van der Waals surface area (Å²) in [6.07, 6.45) is 0. The van der Waals surface area contributed by atoms with E-state index in [1.807, 2.05) is 32.0 Å². The number of rotatable bonds is 5. The summed E-state index contributed by atoms with van der Waals surface area (Å²) in [6, 6.07) is 8.84. The number of halogens is 4. The lowest BCUT2D eigenvalue weighted by atomic mass is 9.85. The molecule has 3 aromatic carbocycles. The van der Waals surface area contributed by atoms with Gasteiger partial charge in [-0.15, -0.1) is 0 Å². The van der Waals surface area contributed by atoms with Crippen molar-refractivity contribution >= 4 is 69.8 Å². The minimum absolute atomic E-state index is 0.145. The molecule has 2 aliphatic heterocycles. The Kier molecular flexibility index (Phi) is 6.76. The van der Waals surface area contributed by atoms with Crippen molar-refractivity contribution in [1.82, 2.24) is 4.90 Å². The van der Waals surface area contributed by atoms with Crippen molar-refractivity contribution < 1.29 is 23.9 Å². The van der Waals surface area contributed by atoms with Crippen molar-refractivity contribution in [3.05, 3.63) is 84.3 Å². The van der Waals surface area contributed by atoms with E-state index < -0.39 is 29.8 Å². The van der Waals surface area contributed by atoms with E-state index in [4.69, 9.17) is 55.9 Å². The van der Waals surface area contributed by atoms with Crippen LogP contribution in [-0.2, 0) is 4.79 Å². The first-order chi connectivity index (χ1) is 18.0. The second-order valence-corrected chi connectivity index (χ2v) is 10.5. The van der Waals surface area contributed by atoms with Crippen LogP contribution >= 0.6 is 46.4 Å². The van der Waals surface area contributed by atoms with Crippen molar-refractivity contribution in [1.29, 1.82) is 0 Å². The fourth-order valence-corrected chi connectivity index (χ4v) is 5.89. The molecule has 3 amide bonds. The average Bonchev–Trinajstić information content (AvgIpc) is 3.16. The summed E-state index contributed by atoms with van der Waals surface area (Å²) in [4.78, 5) is 43.4. The molecule has 0 saturated carbocycles. The van der Waals surface area contributed by atoms with Gasteiger partial charge in [0.05, 0.1) is 51.5 Å². The van der Waals surface area contributed by atoms with Gasteiger partial charge in [-0.3, -0.25) is 19.3 Å². The third-order valence-electron chi connectivity index (χ3n) is 7.00. The van der Waals surface area contributed by atoms with Crippen LogP contribution in [-0.4, -0.2) is 42.9 Å². The van der Waals surface area contributed by atoms with Gasteiger partial charge >= 0.3 is 0 Å². The predicted octanol–water partition coefficient (Wildman–Crippen LogP) is 6.69. The minimum Gasteiger partial charge on any atom is -0.493 e. The first-order valence-electron chi connectivity index (χ1n) is 11.4. The van der Waals surface area contributed by atoms with Crippen LogP contribution < -0.4 is 14.4 Å². The van der Waals surface area contributed by atoms with Crippen molar-refractivity contribution in [3.8, 4) is 11.5 Å². The number of carbonyl (C=O) groups excluding carboxylic acids is 3. The molecule has 0 aliphatic carbocycles. The summed E-state index contributed by atoms with van der Waals surface area (Å²) in [7, 11) is 3.00. The Morgan fingerprint density at radius 2 is 1.24 bits per heavy atom. The second-order valence-electron chi connectivity index (χ2n) is 8.97. The van der Waals surface area contributed by atoms with E-state index in [0.29, 0.717) is 22.7 Å². The Morgan fingerprint density at radius 3 is 1.76 bits per heavy atom. The molecular formula is C27H20Cl4N2O5. The van der Waals surface area contributed by atoms with Gasteiger partial charge in [0.15, 0.2) is 11.5 Å². The zero-order valence-corrected chi connectivity index (χ0v) is 23.6. The number of aryl methyl sites for hydroxylation is 2. The number of β-lactam (4-membered cyclic amide) rings is 1. The Labute approximate surface area is 238 Å². The molecule has 2 unspecified atom stereocenters. The number of ether oxygens (including phenoxy) is 2. The molecule has 1 fully saturated rings. The number of hydrogen-bond donors (Lipinski definition) is 0. The van der Waals surface area contributed by atoms with E-state index in [2.05, 4.69) is 0 Å². The molecule has 5 rings (SSSR count). The van der Waals surface area contributed by atoms with Crippen molar-refractivity contribution in [3.63, 3.8) is 0 Å². The largest absolute Gasteiger partial charge is 0.493 e. The number of nitrogens with zero attached hydrogens (tertiary/aromatic N) is 2. The van der Waals surface area contributed by atoms with Crippen LogP contribution in [0.15, 0.2) is 36.4 Å². The van der Waals surface area contributed by atoms with Crippen LogP contribution in [0.25, 0.3) is 0 Å². The highest BCUT2D eigenvalue weighted by atomic mass is 35.5. The molecular weight excluding hydrogens is 574 g/mol. The Morgan fingerprint density at radius 1 is 0.658 bits per heavy atom. The predicted molar refractivity (Wildman–Crippen MR) is 146 cm³/mol. The number of imide groups is 1. The van der Waals surface area contributed by atoms with Crippen LogP contribution in [0.2, 0.25) is 20.1 Å². The van der Waals surface area contributed by atoms with E-state index in [1.165, 1.54) is 14.2 Å². The van der Waals surface area contributed by atoms with Gasteiger partial charge in [-0.05, 0) is 54.8 Å². The highest BCUT2D eigenvalue weighted by molar-refractivity contribution is 6.55. The number of hydrogen-bond acceptors (Lipinski definition) is 5. The van der Waals surface area contributed by atoms with Gasteiger partial charge in [-0.25, -0.2) is 0 Å². The van der Waals surface area contributed by atoms with E-state index in [1.54, 1.807) is 23.1 Å². The maximum Gasteiger partial charge on any atom is 0.264 e. The normalized spacial score (nSPS) is 18.6. The van der Waals surface area contributed by atoms with Crippen molar-refractivity contribution in [2.45, 2.75) is 25.9 Å². The SMILES string of the molecule is COc1ccc(C2C(N3C(=O)c4c(Cl)c(Cl)c(Cl)c(Cl)c4C3=O)C(=O)N2c2ccc(C)c(C)c2)cc1OC. The van der Waals surface area contributed by atoms with Crippen LogP contribution in [0.1, 0.15) is 43.4 Å². The van der Waals surface area contributed by atoms with Crippen LogP contribution in [0, 0.1) is 13.8 Å². The number of carbonyl (C=O) groups is 3. The molecule has 0 spiro atoms. The lowest BCUT2D eigenvalue weighted by Crippen LogP contribution is -2.67. The molecule has 0 aromatic heterocycles. The van der Waals surface area contributed by atoms with Crippen LogP contribution in [0.5, 0.6) is 11.5 Å². The first kappa shape index (κ1) is 26.6. The minimum atomic E-state index is -1.19.